The number of carbonyl (C=O) groups is 1. The van der Waals surface area contributed by atoms with Crippen LogP contribution < -0.4 is 5.32 Å². The van der Waals surface area contributed by atoms with Crippen LogP contribution in [0.1, 0.15) is 28.8 Å². The average molecular weight is 320 g/mol. The molecule has 0 aliphatic heterocycles. The van der Waals surface area contributed by atoms with Gasteiger partial charge in [-0.2, -0.15) is 5.26 Å². The zero-order valence-electron chi connectivity index (χ0n) is 13.1. The molecule has 2 unspecified atom stereocenters. The van der Waals surface area contributed by atoms with Crippen molar-refractivity contribution in [3.05, 3.63) is 83.7 Å². The first-order valence-electron chi connectivity index (χ1n) is 7.87. The number of carbonyl (C=O) groups excluding carboxylic acids is 1. The van der Waals surface area contributed by atoms with E-state index in [1.165, 1.54) is 12.1 Å². The Morgan fingerprint density at radius 3 is 2.46 bits per heavy atom. The standard InChI is InChI=1S/C20H17FN2O/c21-18-12-10-17(11-13-18)20(14-22,16-8-4-5-9-16)23-19(24)15-6-2-1-3-7-15/h1-4,6-8,10-13,16H,5,9H2,(H,23,24). The molecule has 120 valence electrons. The van der Waals surface area contributed by atoms with Gasteiger partial charge in [-0.1, -0.05) is 42.5 Å². The fourth-order valence-corrected chi connectivity index (χ4v) is 3.10. The molecule has 24 heavy (non-hydrogen) atoms. The molecule has 1 aliphatic rings. The van der Waals surface area contributed by atoms with Gasteiger partial charge in [0.25, 0.3) is 5.91 Å². The second-order valence-corrected chi connectivity index (χ2v) is 5.86. The summed E-state index contributed by atoms with van der Waals surface area (Å²) in [6.45, 7) is 0. The molecule has 1 amide bonds. The number of amides is 1. The van der Waals surface area contributed by atoms with Crippen molar-refractivity contribution in [3.63, 3.8) is 0 Å². The van der Waals surface area contributed by atoms with Crippen LogP contribution in [0, 0.1) is 23.1 Å². The van der Waals surface area contributed by atoms with Gasteiger partial charge in [0.05, 0.1) is 6.07 Å². The largest absolute Gasteiger partial charge is 0.330 e. The Balaban J connectivity index is 2.01. The lowest BCUT2D eigenvalue weighted by atomic mass is 9.78. The predicted molar refractivity (Wildman–Crippen MR) is 89.5 cm³/mol. The van der Waals surface area contributed by atoms with Crippen LogP contribution in [-0.2, 0) is 5.54 Å². The predicted octanol–water partition coefficient (Wildman–Crippen LogP) is 3.94. The minimum absolute atomic E-state index is 0.152. The summed E-state index contributed by atoms with van der Waals surface area (Å²) in [7, 11) is 0. The maximum Gasteiger partial charge on any atom is 0.252 e. The van der Waals surface area contributed by atoms with E-state index in [1.54, 1.807) is 36.4 Å². The number of allylic oxidation sites excluding steroid dienone is 1. The topological polar surface area (TPSA) is 52.9 Å². The Kier molecular flexibility index (Phi) is 4.43. The molecule has 2 atom stereocenters. The average Bonchev–Trinajstić information content (AvgIpc) is 3.16. The lowest BCUT2D eigenvalue weighted by Gasteiger charge is -2.33. The van der Waals surface area contributed by atoms with Gasteiger partial charge in [0.15, 0.2) is 5.54 Å². The van der Waals surface area contributed by atoms with E-state index in [9.17, 15) is 14.4 Å². The maximum absolute atomic E-state index is 13.3. The Labute approximate surface area is 140 Å². The number of benzene rings is 2. The van der Waals surface area contributed by atoms with Crippen LogP contribution >= 0.6 is 0 Å². The maximum atomic E-state index is 13.3. The Morgan fingerprint density at radius 1 is 1.17 bits per heavy atom. The summed E-state index contributed by atoms with van der Waals surface area (Å²) in [6.07, 6.45) is 5.59. The van der Waals surface area contributed by atoms with Gasteiger partial charge in [0, 0.05) is 11.5 Å². The summed E-state index contributed by atoms with van der Waals surface area (Å²) in [5.41, 5.74) is -0.137. The second-order valence-electron chi connectivity index (χ2n) is 5.86. The van der Waals surface area contributed by atoms with Crippen LogP contribution in [0.15, 0.2) is 66.7 Å². The number of rotatable bonds is 4. The summed E-state index contributed by atoms with van der Waals surface area (Å²) in [5, 5.41) is 12.9. The summed E-state index contributed by atoms with van der Waals surface area (Å²) in [4.78, 5) is 12.7. The second kappa shape index (κ2) is 6.67. The highest BCUT2D eigenvalue weighted by Crippen LogP contribution is 2.37. The van der Waals surface area contributed by atoms with Gasteiger partial charge in [-0.3, -0.25) is 4.79 Å². The third-order valence-corrected chi connectivity index (χ3v) is 4.39. The molecule has 0 bridgehead atoms. The van der Waals surface area contributed by atoms with Crippen molar-refractivity contribution >= 4 is 5.91 Å². The first-order valence-corrected chi connectivity index (χ1v) is 7.87. The van der Waals surface area contributed by atoms with Crippen LogP contribution in [0.25, 0.3) is 0 Å². The number of nitrogens with zero attached hydrogens (tertiary/aromatic N) is 1. The molecule has 2 aromatic rings. The highest BCUT2D eigenvalue weighted by atomic mass is 19.1. The van der Waals surface area contributed by atoms with E-state index in [1.807, 2.05) is 18.2 Å². The van der Waals surface area contributed by atoms with E-state index in [-0.39, 0.29) is 17.6 Å². The van der Waals surface area contributed by atoms with E-state index < -0.39 is 5.54 Å². The van der Waals surface area contributed by atoms with Gasteiger partial charge in [-0.25, -0.2) is 4.39 Å². The molecule has 4 heteroatoms. The minimum atomic E-state index is -1.21. The molecular weight excluding hydrogens is 303 g/mol. The Morgan fingerprint density at radius 2 is 1.88 bits per heavy atom. The summed E-state index contributed by atoms with van der Waals surface area (Å²) >= 11 is 0. The molecule has 0 spiro atoms. The minimum Gasteiger partial charge on any atom is -0.330 e. The summed E-state index contributed by atoms with van der Waals surface area (Å²) < 4.78 is 13.3. The number of nitriles is 1. The number of hydrogen-bond donors (Lipinski definition) is 1. The quantitative estimate of drug-likeness (QED) is 0.868. The highest BCUT2D eigenvalue weighted by molar-refractivity contribution is 5.95. The Hall–Kier alpha value is -2.93. The van der Waals surface area contributed by atoms with Crippen molar-refractivity contribution in [2.75, 3.05) is 0 Å². The molecule has 1 aliphatic carbocycles. The van der Waals surface area contributed by atoms with E-state index in [0.29, 0.717) is 11.1 Å². The smallest absolute Gasteiger partial charge is 0.252 e. The molecule has 3 rings (SSSR count). The van der Waals surface area contributed by atoms with Gasteiger partial charge in [0.2, 0.25) is 0 Å². The van der Waals surface area contributed by atoms with Crippen molar-refractivity contribution < 1.29 is 9.18 Å². The van der Waals surface area contributed by atoms with E-state index in [2.05, 4.69) is 11.4 Å². The molecule has 2 aromatic carbocycles. The zero-order valence-corrected chi connectivity index (χ0v) is 13.1. The van der Waals surface area contributed by atoms with Crippen molar-refractivity contribution in [2.45, 2.75) is 18.4 Å². The number of hydrogen-bond acceptors (Lipinski definition) is 2. The molecule has 0 fully saturated rings. The monoisotopic (exact) mass is 320 g/mol. The lowest BCUT2D eigenvalue weighted by Crippen LogP contribution is -2.49. The van der Waals surface area contributed by atoms with Crippen molar-refractivity contribution in [2.24, 2.45) is 5.92 Å². The van der Waals surface area contributed by atoms with Gasteiger partial charge >= 0.3 is 0 Å². The van der Waals surface area contributed by atoms with Crippen LogP contribution in [0.4, 0.5) is 4.39 Å². The van der Waals surface area contributed by atoms with Crippen LogP contribution in [0.2, 0.25) is 0 Å². The van der Waals surface area contributed by atoms with E-state index in [4.69, 9.17) is 0 Å². The molecular formula is C20H17FN2O. The van der Waals surface area contributed by atoms with Gasteiger partial charge in [-0.15, -0.1) is 0 Å². The van der Waals surface area contributed by atoms with Crippen LogP contribution in [0.5, 0.6) is 0 Å². The molecule has 1 N–H and O–H groups in total. The summed E-state index contributed by atoms with van der Waals surface area (Å²) in [5.74, 6) is -0.843. The molecule has 0 heterocycles. The van der Waals surface area contributed by atoms with Gasteiger partial charge < -0.3 is 5.32 Å². The zero-order chi connectivity index (χ0) is 17.0. The van der Waals surface area contributed by atoms with Crippen molar-refractivity contribution in [1.29, 1.82) is 5.26 Å². The first-order chi connectivity index (χ1) is 11.7. The SMILES string of the molecule is N#CC(NC(=O)c1ccccc1)(c1ccc(F)cc1)C1C=CCC1. The molecule has 3 nitrogen and oxygen atoms in total. The third-order valence-electron chi connectivity index (χ3n) is 4.39. The van der Waals surface area contributed by atoms with E-state index >= 15 is 0 Å². The Bertz CT molecular complexity index is 793. The summed E-state index contributed by atoms with van der Waals surface area (Å²) in [6, 6.07) is 16.8. The normalized spacial score (nSPS) is 18.6. The molecule has 0 radical (unpaired) electrons. The molecule has 0 saturated carbocycles. The number of nitrogens with one attached hydrogen (secondary N) is 1. The molecule has 0 saturated heterocycles. The van der Waals surface area contributed by atoms with E-state index in [0.717, 1.165) is 12.8 Å². The van der Waals surface area contributed by atoms with Crippen LogP contribution in [0.3, 0.4) is 0 Å². The highest BCUT2D eigenvalue weighted by Gasteiger charge is 2.42. The van der Waals surface area contributed by atoms with Crippen LogP contribution in [-0.4, -0.2) is 5.91 Å². The van der Waals surface area contributed by atoms with Crippen molar-refractivity contribution in [3.8, 4) is 6.07 Å². The van der Waals surface area contributed by atoms with Gasteiger partial charge in [0.1, 0.15) is 5.82 Å². The van der Waals surface area contributed by atoms with Gasteiger partial charge in [-0.05, 0) is 42.7 Å². The first kappa shape index (κ1) is 15.9. The fourth-order valence-electron chi connectivity index (χ4n) is 3.10. The van der Waals surface area contributed by atoms with Crippen molar-refractivity contribution in [1.82, 2.24) is 5.32 Å². The lowest BCUT2D eigenvalue weighted by molar-refractivity contribution is 0.0900. The fraction of sp³-hybridized carbons (Fsp3) is 0.200. The molecule has 0 aromatic heterocycles. The number of halogens is 1. The third kappa shape index (κ3) is 2.93.